The van der Waals surface area contributed by atoms with E-state index < -0.39 is 36.0 Å². The first-order chi connectivity index (χ1) is 21.6. The number of nitrogens with one attached hydrogen (secondary N) is 2. The number of hydrogen-bond donors (Lipinski definition) is 6. The highest BCUT2D eigenvalue weighted by Crippen LogP contribution is 2.22. The van der Waals surface area contributed by atoms with Crippen LogP contribution in [0, 0.1) is 5.41 Å². The summed E-state index contributed by atoms with van der Waals surface area (Å²) in [4.78, 5) is 59.2. The second-order valence-electron chi connectivity index (χ2n) is 9.06. The quantitative estimate of drug-likeness (QED) is 0.0698. The molecule has 0 aliphatic carbocycles. The van der Waals surface area contributed by atoms with E-state index in [4.69, 9.17) is 40.8 Å². The standard InChI is InChI=1S/C23H25N5O5.2C2HF3O2/c1-28-10-8-26-21(28)14-2-4-15(5-3-14)22(30)27-9-11-33-19-13-17(20(24)25)7-6-16(19)12-18(29)23(31)32;2*3-2(4,5)1(6)7/h2-7,13H,8-12H2,1H3,(H3,24,25)(H,27,30)(H,31,32);2*(H,6,7). The number of carboxylic acids is 3. The summed E-state index contributed by atoms with van der Waals surface area (Å²) in [6, 6.07) is 11.6. The van der Waals surface area contributed by atoms with Crippen LogP contribution in [-0.2, 0) is 25.6 Å². The van der Waals surface area contributed by atoms with Crippen LogP contribution in [0.2, 0.25) is 0 Å². The third-order valence-electron chi connectivity index (χ3n) is 5.56. The lowest BCUT2D eigenvalue weighted by Crippen LogP contribution is -2.28. The molecule has 0 saturated carbocycles. The first-order valence-electron chi connectivity index (χ1n) is 12.8. The number of ether oxygens (including phenoxy) is 1. The third kappa shape index (κ3) is 13.5. The number of amidine groups is 2. The topological polar surface area (TPSA) is 233 Å². The fraction of sp³-hybridized carbons (Fsp3) is 0.296. The maximum atomic E-state index is 12.4. The van der Waals surface area contributed by atoms with Crippen molar-refractivity contribution in [2.75, 3.05) is 33.3 Å². The van der Waals surface area contributed by atoms with Crippen LogP contribution in [0.1, 0.15) is 27.0 Å². The van der Waals surface area contributed by atoms with Gasteiger partial charge < -0.3 is 36.0 Å². The summed E-state index contributed by atoms with van der Waals surface area (Å²) in [7, 11) is 1.97. The molecule has 0 spiro atoms. The summed E-state index contributed by atoms with van der Waals surface area (Å²) in [5.74, 6) is -7.37. The number of nitrogens with zero attached hydrogens (tertiary/aromatic N) is 2. The van der Waals surface area contributed by atoms with Crippen molar-refractivity contribution in [3.05, 3.63) is 64.7 Å². The highest BCUT2D eigenvalue weighted by Gasteiger charge is 2.38. The number of carboxylic acid groups (broad SMARTS) is 3. The molecule has 14 nitrogen and oxygen atoms in total. The summed E-state index contributed by atoms with van der Waals surface area (Å²) in [6.07, 6.45) is -10.5. The van der Waals surface area contributed by atoms with E-state index in [0.29, 0.717) is 16.7 Å². The normalized spacial score (nSPS) is 12.3. The number of rotatable bonds is 10. The minimum atomic E-state index is -5.08. The van der Waals surface area contributed by atoms with Crippen molar-refractivity contribution >= 4 is 41.3 Å². The van der Waals surface area contributed by atoms with Gasteiger partial charge in [-0.2, -0.15) is 26.3 Å². The van der Waals surface area contributed by atoms with Crippen molar-refractivity contribution in [3.63, 3.8) is 0 Å². The van der Waals surface area contributed by atoms with Crippen LogP contribution in [0.3, 0.4) is 0 Å². The van der Waals surface area contributed by atoms with Crippen LogP contribution in [0.5, 0.6) is 5.75 Å². The van der Waals surface area contributed by atoms with Crippen LogP contribution in [0.4, 0.5) is 26.3 Å². The summed E-state index contributed by atoms with van der Waals surface area (Å²) in [5.41, 5.74) is 7.67. The van der Waals surface area contributed by atoms with E-state index in [1.807, 2.05) is 19.2 Å². The molecule has 20 heteroatoms. The maximum absolute atomic E-state index is 12.4. The number of alkyl halides is 6. The zero-order chi connectivity index (χ0) is 36.1. The number of amides is 1. The Balaban J connectivity index is 0.000000658. The van der Waals surface area contributed by atoms with Crippen molar-refractivity contribution in [2.24, 2.45) is 10.7 Å². The highest BCUT2D eigenvalue weighted by molar-refractivity contribution is 6.33. The summed E-state index contributed by atoms with van der Waals surface area (Å²) >= 11 is 0. The number of likely N-dealkylation sites (N-methyl/N-ethyl adjacent to an activating group) is 1. The second kappa shape index (κ2) is 17.1. The van der Waals surface area contributed by atoms with Crippen LogP contribution < -0.4 is 15.8 Å². The molecule has 0 bridgehead atoms. The number of nitrogen functional groups attached to an aromatic ring is 1. The van der Waals surface area contributed by atoms with Crippen molar-refractivity contribution in [2.45, 2.75) is 18.8 Å². The van der Waals surface area contributed by atoms with Gasteiger partial charge in [-0.3, -0.25) is 20.0 Å². The lowest BCUT2D eigenvalue weighted by atomic mass is 10.0. The van der Waals surface area contributed by atoms with E-state index in [1.54, 1.807) is 12.1 Å². The number of carbonyl (C=O) groups excluding carboxylic acids is 2. The zero-order valence-corrected chi connectivity index (χ0v) is 24.1. The molecule has 7 N–H and O–H groups in total. The van der Waals surface area contributed by atoms with Crippen LogP contribution in [0.25, 0.3) is 0 Å². The fourth-order valence-corrected chi connectivity index (χ4v) is 3.29. The Kier molecular flexibility index (Phi) is 14.3. The van der Waals surface area contributed by atoms with E-state index in [0.717, 1.165) is 24.5 Å². The molecule has 1 heterocycles. The Morgan fingerprint density at radius 2 is 1.45 bits per heavy atom. The van der Waals surface area contributed by atoms with Crippen LogP contribution >= 0.6 is 0 Å². The predicted molar refractivity (Wildman–Crippen MR) is 149 cm³/mol. The van der Waals surface area contributed by atoms with Gasteiger partial charge in [0.1, 0.15) is 24.0 Å². The predicted octanol–water partition coefficient (Wildman–Crippen LogP) is 1.93. The van der Waals surface area contributed by atoms with E-state index in [1.165, 1.54) is 18.2 Å². The molecule has 2 aromatic carbocycles. The number of aliphatic carboxylic acids is 3. The lowest BCUT2D eigenvalue weighted by molar-refractivity contribution is -0.193. The van der Waals surface area contributed by atoms with Gasteiger partial charge in [0.2, 0.25) is 5.78 Å². The zero-order valence-electron chi connectivity index (χ0n) is 24.1. The molecule has 0 atom stereocenters. The molecule has 0 saturated heterocycles. The number of carbonyl (C=O) groups is 5. The average Bonchev–Trinajstić information content (AvgIpc) is 3.41. The first kappa shape index (κ1) is 39.3. The number of nitrogens with two attached hydrogens (primary N) is 1. The van der Waals surface area contributed by atoms with Crippen molar-refractivity contribution < 1.29 is 70.4 Å². The summed E-state index contributed by atoms with van der Waals surface area (Å²) < 4.78 is 69.1. The number of Topliss-reactive ketones (excluding diaryl/α,β-unsaturated/α-hetero) is 1. The van der Waals surface area contributed by atoms with E-state index in [-0.39, 0.29) is 37.1 Å². The number of ketones is 1. The van der Waals surface area contributed by atoms with Crippen molar-refractivity contribution in [1.29, 1.82) is 5.41 Å². The highest BCUT2D eigenvalue weighted by atomic mass is 19.4. The number of hydrogen-bond acceptors (Lipinski definition) is 9. The Morgan fingerprint density at radius 1 is 0.936 bits per heavy atom. The van der Waals surface area contributed by atoms with Gasteiger partial charge >= 0.3 is 30.3 Å². The molecule has 0 radical (unpaired) electrons. The van der Waals surface area contributed by atoms with E-state index >= 15 is 0 Å². The minimum absolute atomic E-state index is 0.0705. The van der Waals surface area contributed by atoms with Gasteiger partial charge in [-0.15, -0.1) is 0 Å². The molecule has 0 unspecified atom stereocenters. The summed E-state index contributed by atoms with van der Waals surface area (Å²) in [5, 5.41) is 33.4. The Bertz CT molecular complexity index is 1490. The first-order valence-corrected chi connectivity index (χ1v) is 12.8. The fourth-order valence-electron chi connectivity index (χ4n) is 3.29. The molecule has 47 heavy (non-hydrogen) atoms. The average molecular weight is 680 g/mol. The molecule has 1 amide bonds. The van der Waals surface area contributed by atoms with Gasteiger partial charge in [-0.05, 0) is 18.2 Å². The second-order valence-corrected chi connectivity index (χ2v) is 9.06. The molecule has 3 rings (SSSR count). The third-order valence-corrected chi connectivity index (χ3v) is 5.56. The van der Waals surface area contributed by atoms with Gasteiger partial charge in [0.25, 0.3) is 5.91 Å². The van der Waals surface area contributed by atoms with Gasteiger partial charge in [0.05, 0.1) is 13.1 Å². The van der Waals surface area contributed by atoms with Gasteiger partial charge in [-0.25, -0.2) is 14.4 Å². The molecule has 2 aromatic rings. The minimum Gasteiger partial charge on any atom is -0.491 e. The van der Waals surface area contributed by atoms with Crippen molar-refractivity contribution in [1.82, 2.24) is 10.2 Å². The van der Waals surface area contributed by atoms with Gasteiger partial charge in [-0.1, -0.05) is 24.3 Å². The number of halogens is 6. The van der Waals surface area contributed by atoms with Gasteiger partial charge in [0.15, 0.2) is 0 Å². The molecule has 1 aliphatic rings. The maximum Gasteiger partial charge on any atom is 0.490 e. The van der Waals surface area contributed by atoms with E-state index in [9.17, 15) is 40.7 Å². The van der Waals surface area contributed by atoms with E-state index in [2.05, 4.69) is 15.2 Å². The molecular weight excluding hydrogens is 652 g/mol. The molecular formula is C27H27F6N5O9. The SMILES string of the molecule is CN1CCN=C1c1ccc(C(=O)NCCOc2cc(C(=N)N)ccc2CC(=O)C(=O)O)cc1.O=C(O)C(F)(F)F.O=C(O)C(F)(F)F. The van der Waals surface area contributed by atoms with Crippen molar-refractivity contribution in [3.8, 4) is 5.75 Å². The molecule has 0 fully saturated rings. The smallest absolute Gasteiger partial charge is 0.490 e. The summed E-state index contributed by atoms with van der Waals surface area (Å²) in [6.45, 7) is 1.88. The van der Waals surface area contributed by atoms with Crippen LogP contribution in [0.15, 0.2) is 47.5 Å². The Hall–Kier alpha value is -5.69. The van der Waals surface area contributed by atoms with Gasteiger partial charge in [0, 0.05) is 42.3 Å². The number of benzene rings is 2. The molecule has 0 aromatic heterocycles. The van der Waals surface area contributed by atoms with Crippen LogP contribution in [-0.4, -0.2) is 107 Å². The number of aliphatic imine (C=N–C) groups is 1. The molecule has 256 valence electrons. The Labute approximate surface area is 260 Å². The largest absolute Gasteiger partial charge is 0.491 e. The lowest BCUT2D eigenvalue weighted by Gasteiger charge is -2.14. The molecule has 1 aliphatic heterocycles. The Morgan fingerprint density at radius 3 is 1.87 bits per heavy atom. The monoisotopic (exact) mass is 679 g/mol.